The van der Waals surface area contributed by atoms with E-state index in [1.54, 1.807) is 12.1 Å². The molecule has 5 heteroatoms. The van der Waals surface area contributed by atoms with Crippen LogP contribution in [0.4, 0.5) is 5.69 Å². The van der Waals surface area contributed by atoms with Crippen molar-refractivity contribution >= 4 is 23.2 Å². The van der Waals surface area contributed by atoms with Gasteiger partial charge in [0.1, 0.15) is 0 Å². The second kappa shape index (κ2) is 5.49. The first-order valence-electron chi connectivity index (χ1n) is 5.62. The van der Waals surface area contributed by atoms with E-state index in [9.17, 15) is 4.79 Å². The Morgan fingerprint density at radius 3 is 2.82 bits per heavy atom. The summed E-state index contributed by atoms with van der Waals surface area (Å²) < 4.78 is 0. The Morgan fingerprint density at radius 1 is 1.53 bits per heavy atom. The third kappa shape index (κ3) is 3.19. The lowest BCUT2D eigenvalue weighted by atomic mass is 10.1. The van der Waals surface area contributed by atoms with Crippen molar-refractivity contribution in [1.82, 2.24) is 10.2 Å². The second-order valence-electron chi connectivity index (χ2n) is 4.26. The van der Waals surface area contributed by atoms with E-state index in [0.717, 1.165) is 13.1 Å². The number of anilines is 1. The number of nitrogens with one attached hydrogen (secondary N) is 2. The van der Waals surface area contributed by atoms with E-state index in [-0.39, 0.29) is 5.91 Å². The van der Waals surface area contributed by atoms with Gasteiger partial charge < -0.3 is 10.6 Å². The van der Waals surface area contributed by atoms with Crippen molar-refractivity contribution in [3.05, 3.63) is 29.3 Å². The minimum atomic E-state index is -0.0347. The smallest absolute Gasteiger partial charge is 0.238 e. The summed E-state index contributed by atoms with van der Waals surface area (Å²) in [6, 6.07) is 7.71. The van der Waals surface area contributed by atoms with Crippen LogP contribution >= 0.6 is 11.6 Å². The predicted octanol–water partition coefficient (Wildman–Crippen LogP) is 1.18. The van der Waals surface area contributed by atoms with E-state index in [1.807, 2.05) is 24.1 Å². The average molecular weight is 254 g/mol. The molecule has 1 aromatic rings. The zero-order valence-corrected chi connectivity index (χ0v) is 10.5. The summed E-state index contributed by atoms with van der Waals surface area (Å²) in [5.74, 6) is -0.0347. The number of benzene rings is 1. The lowest BCUT2D eigenvalue weighted by Gasteiger charge is -2.35. The summed E-state index contributed by atoms with van der Waals surface area (Å²) in [7, 11) is 1.96. The van der Waals surface area contributed by atoms with Crippen LogP contribution < -0.4 is 10.6 Å². The van der Waals surface area contributed by atoms with Crippen LogP contribution in [0.1, 0.15) is 0 Å². The highest BCUT2D eigenvalue weighted by Crippen LogP contribution is 2.20. The highest BCUT2D eigenvalue weighted by atomic mass is 35.5. The number of nitrogens with zero attached hydrogens (tertiary/aromatic N) is 1. The zero-order valence-electron chi connectivity index (χ0n) is 9.74. The summed E-state index contributed by atoms with van der Waals surface area (Å²) in [5, 5.41) is 6.55. The summed E-state index contributed by atoms with van der Waals surface area (Å²) in [4.78, 5) is 13.8. The summed E-state index contributed by atoms with van der Waals surface area (Å²) in [5.41, 5.74) is 0.666. The molecule has 1 saturated heterocycles. The maximum absolute atomic E-state index is 11.8. The summed E-state index contributed by atoms with van der Waals surface area (Å²) in [6.45, 7) is 2.29. The standard InChI is InChI=1S/C12H16ClN3O/c1-16(9-6-14-7-9)8-12(17)15-11-5-3-2-4-10(11)13/h2-5,9,14H,6-8H2,1H3,(H,15,17). The van der Waals surface area contributed by atoms with Crippen LogP contribution in [0.3, 0.4) is 0 Å². The van der Waals surface area contributed by atoms with Gasteiger partial charge in [-0.1, -0.05) is 23.7 Å². The molecule has 1 amide bonds. The first-order valence-corrected chi connectivity index (χ1v) is 6.00. The van der Waals surface area contributed by atoms with Gasteiger partial charge in [-0.05, 0) is 19.2 Å². The Balaban J connectivity index is 1.86. The van der Waals surface area contributed by atoms with E-state index < -0.39 is 0 Å². The number of carbonyl (C=O) groups excluding carboxylic acids is 1. The van der Waals surface area contributed by atoms with Crippen molar-refractivity contribution in [3.8, 4) is 0 Å². The minimum Gasteiger partial charge on any atom is -0.324 e. The molecular formula is C12H16ClN3O. The highest BCUT2D eigenvalue weighted by molar-refractivity contribution is 6.33. The van der Waals surface area contributed by atoms with Crippen molar-refractivity contribution in [3.63, 3.8) is 0 Å². The molecule has 1 aliphatic rings. The SMILES string of the molecule is CN(CC(=O)Nc1ccccc1Cl)C1CNC1. The van der Waals surface area contributed by atoms with Gasteiger partial charge in [-0.25, -0.2) is 0 Å². The number of para-hydroxylation sites is 1. The first kappa shape index (κ1) is 12.4. The van der Waals surface area contributed by atoms with E-state index in [4.69, 9.17) is 11.6 Å². The van der Waals surface area contributed by atoms with Gasteiger partial charge in [0, 0.05) is 19.1 Å². The predicted molar refractivity (Wildman–Crippen MR) is 69.4 cm³/mol. The van der Waals surface area contributed by atoms with Crippen LogP contribution in [0.25, 0.3) is 0 Å². The topological polar surface area (TPSA) is 44.4 Å². The van der Waals surface area contributed by atoms with E-state index in [0.29, 0.717) is 23.3 Å². The molecule has 2 rings (SSSR count). The third-order valence-electron chi connectivity index (χ3n) is 2.92. The van der Waals surface area contributed by atoms with Gasteiger partial charge in [0.25, 0.3) is 0 Å². The highest BCUT2D eigenvalue weighted by Gasteiger charge is 2.22. The van der Waals surface area contributed by atoms with Gasteiger partial charge in [0.2, 0.25) is 5.91 Å². The number of carbonyl (C=O) groups is 1. The van der Waals surface area contributed by atoms with Crippen molar-refractivity contribution in [1.29, 1.82) is 0 Å². The molecule has 17 heavy (non-hydrogen) atoms. The van der Waals surface area contributed by atoms with Crippen molar-refractivity contribution in [2.24, 2.45) is 0 Å². The molecule has 0 unspecified atom stereocenters. The van der Waals surface area contributed by atoms with Crippen LogP contribution in [-0.2, 0) is 4.79 Å². The minimum absolute atomic E-state index is 0.0347. The third-order valence-corrected chi connectivity index (χ3v) is 3.25. The number of hydrogen-bond donors (Lipinski definition) is 2. The van der Waals surface area contributed by atoms with Crippen LogP contribution in [0.2, 0.25) is 5.02 Å². The second-order valence-corrected chi connectivity index (χ2v) is 4.66. The molecule has 1 fully saturated rings. The molecule has 1 aliphatic heterocycles. The number of hydrogen-bond acceptors (Lipinski definition) is 3. The first-order chi connectivity index (χ1) is 8.16. The van der Waals surface area contributed by atoms with E-state index >= 15 is 0 Å². The molecule has 92 valence electrons. The van der Waals surface area contributed by atoms with Crippen LogP contribution in [0.5, 0.6) is 0 Å². The van der Waals surface area contributed by atoms with Gasteiger partial charge in [-0.15, -0.1) is 0 Å². The number of halogens is 1. The maximum Gasteiger partial charge on any atom is 0.238 e. The van der Waals surface area contributed by atoms with Crippen LogP contribution in [-0.4, -0.2) is 43.5 Å². The van der Waals surface area contributed by atoms with Crippen molar-refractivity contribution < 1.29 is 4.79 Å². The van der Waals surface area contributed by atoms with Gasteiger partial charge in [0.05, 0.1) is 17.3 Å². The fourth-order valence-corrected chi connectivity index (χ4v) is 1.88. The molecule has 1 aromatic carbocycles. The molecule has 0 spiro atoms. The maximum atomic E-state index is 11.8. The number of likely N-dealkylation sites (N-methyl/N-ethyl adjacent to an activating group) is 1. The lowest BCUT2D eigenvalue weighted by molar-refractivity contribution is -0.117. The number of amides is 1. The van der Waals surface area contributed by atoms with Gasteiger partial charge in [0.15, 0.2) is 0 Å². The lowest BCUT2D eigenvalue weighted by Crippen LogP contribution is -2.57. The quantitative estimate of drug-likeness (QED) is 0.847. The molecule has 4 nitrogen and oxygen atoms in total. The van der Waals surface area contributed by atoms with Gasteiger partial charge >= 0.3 is 0 Å². The van der Waals surface area contributed by atoms with E-state index in [1.165, 1.54) is 0 Å². The molecular weight excluding hydrogens is 238 g/mol. The monoisotopic (exact) mass is 253 g/mol. The van der Waals surface area contributed by atoms with Crippen LogP contribution in [0.15, 0.2) is 24.3 Å². The fraction of sp³-hybridized carbons (Fsp3) is 0.417. The van der Waals surface area contributed by atoms with Crippen LogP contribution in [0, 0.1) is 0 Å². The Labute approximate surface area is 106 Å². The Morgan fingerprint density at radius 2 is 2.24 bits per heavy atom. The molecule has 2 N–H and O–H groups in total. The molecule has 1 heterocycles. The molecule has 0 radical (unpaired) electrons. The van der Waals surface area contributed by atoms with Gasteiger partial charge in [-0.2, -0.15) is 0 Å². The number of rotatable bonds is 4. The summed E-state index contributed by atoms with van der Waals surface area (Å²) in [6.07, 6.45) is 0. The fourth-order valence-electron chi connectivity index (χ4n) is 1.69. The molecule has 0 aromatic heterocycles. The Kier molecular flexibility index (Phi) is 3.99. The van der Waals surface area contributed by atoms with Gasteiger partial charge in [-0.3, -0.25) is 9.69 Å². The zero-order chi connectivity index (χ0) is 12.3. The average Bonchev–Trinajstić information content (AvgIpc) is 2.18. The Bertz CT molecular complexity index is 406. The molecule has 0 atom stereocenters. The van der Waals surface area contributed by atoms with Crippen molar-refractivity contribution in [2.45, 2.75) is 6.04 Å². The summed E-state index contributed by atoms with van der Waals surface area (Å²) >= 11 is 5.97. The molecule has 0 bridgehead atoms. The normalized spacial score (nSPS) is 15.7. The van der Waals surface area contributed by atoms with Crippen molar-refractivity contribution in [2.75, 3.05) is 32.0 Å². The largest absolute Gasteiger partial charge is 0.324 e. The Hall–Kier alpha value is -1.10. The molecule has 0 aliphatic carbocycles. The molecule has 0 saturated carbocycles. The van der Waals surface area contributed by atoms with E-state index in [2.05, 4.69) is 10.6 Å².